The molecule has 0 aliphatic rings. The molecule has 7 nitrogen and oxygen atoms in total. The van der Waals surface area contributed by atoms with Crippen LogP contribution in [0.15, 0.2) is 83.8 Å². The number of aryl methyl sites for hydroxylation is 1. The van der Waals surface area contributed by atoms with Crippen molar-refractivity contribution in [3.63, 3.8) is 0 Å². The maximum absolute atomic E-state index is 14.0. The van der Waals surface area contributed by atoms with E-state index in [9.17, 15) is 22.4 Å². The molecule has 9 heteroatoms. The zero-order chi connectivity index (χ0) is 28.6. The Balaban J connectivity index is 2.03. The van der Waals surface area contributed by atoms with E-state index in [4.69, 9.17) is 0 Å². The highest BCUT2D eigenvalue weighted by Crippen LogP contribution is 2.25. The Bertz CT molecular complexity index is 1360. The van der Waals surface area contributed by atoms with Crippen LogP contribution in [0.5, 0.6) is 0 Å². The van der Waals surface area contributed by atoms with Crippen molar-refractivity contribution in [2.75, 3.05) is 10.8 Å². The van der Waals surface area contributed by atoms with Gasteiger partial charge >= 0.3 is 0 Å². The molecule has 0 saturated carbocycles. The second-order valence-electron chi connectivity index (χ2n) is 9.55. The van der Waals surface area contributed by atoms with Crippen LogP contribution in [0.25, 0.3) is 0 Å². The molecule has 208 valence electrons. The molecular formula is C30H36FN3O4S. The van der Waals surface area contributed by atoms with E-state index in [2.05, 4.69) is 5.32 Å². The molecule has 3 aromatic carbocycles. The third kappa shape index (κ3) is 7.66. The summed E-state index contributed by atoms with van der Waals surface area (Å²) >= 11 is 0. The summed E-state index contributed by atoms with van der Waals surface area (Å²) in [5, 5.41) is 2.96. The van der Waals surface area contributed by atoms with Crippen LogP contribution >= 0.6 is 0 Å². The van der Waals surface area contributed by atoms with Crippen molar-refractivity contribution in [3.8, 4) is 0 Å². The van der Waals surface area contributed by atoms with Gasteiger partial charge in [-0.2, -0.15) is 0 Å². The van der Waals surface area contributed by atoms with Gasteiger partial charge in [0.05, 0.1) is 10.6 Å². The predicted octanol–water partition coefficient (Wildman–Crippen LogP) is 5.05. The van der Waals surface area contributed by atoms with Crippen LogP contribution in [-0.4, -0.2) is 43.8 Å². The number of halogens is 1. The van der Waals surface area contributed by atoms with E-state index >= 15 is 0 Å². The molecule has 1 N–H and O–H groups in total. The second kappa shape index (κ2) is 13.4. The summed E-state index contributed by atoms with van der Waals surface area (Å²) in [7, 11) is -4.24. The van der Waals surface area contributed by atoms with Crippen molar-refractivity contribution in [1.82, 2.24) is 10.2 Å². The molecule has 2 atom stereocenters. The van der Waals surface area contributed by atoms with Crippen LogP contribution < -0.4 is 9.62 Å². The first kappa shape index (κ1) is 29.8. The Morgan fingerprint density at radius 3 is 2.18 bits per heavy atom. The number of nitrogens with zero attached hydrogens (tertiary/aromatic N) is 2. The minimum Gasteiger partial charge on any atom is -0.352 e. The summed E-state index contributed by atoms with van der Waals surface area (Å²) in [6, 6.07) is 19.5. The van der Waals surface area contributed by atoms with Crippen molar-refractivity contribution in [2.45, 2.75) is 64.1 Å². The van der Waals surface area contributed by atoms with Crippen molar-refractivity contribution in [3.05, 3.63) is 95.8 Å². The van der Waals surface area contributed by atoms with E-state index < -0.39 is 34.3 Å². The highest BCUT2D eigenvalue weighted by molar-refractivity contribution is 7.92. The van der Waals surface area contributed by atoms with Gasteiger partial charge in [0.15, 0.2) is 0 Å². The fourth-order valence-electron chi connectivity index (χ4n) is 4.22. The lowest BCUT2D eigenvalue weighted by Crippen LogP contribution is -2.53. The molecule has 3 rings (SSSR count). The largest absolute Gasteiger partial charge is 0.352 e. The van der Waals surface area contributed by atoms with Gasteiger partial charge in [0.1, 0.15) is 18.4 Å². The molecule has 0 unspecified atom stereocenters. The van der Waals surface area contributed by atoms with Gasteiger partial charge in [0.25, 0.3) is 10.0 Å². The number of sulfonamides is 1. The molecule has 0 aliphatic carbocycles. The average Bonchev–Trinajstić information content (AvgIpc) is 2.92. The van der Waals surface area contributed by atoms with Gasteiger partial charge < -0.3 is 10.2 Å². The van der Waals surface area contributed by atoms with Crippen molar-refractivity contribution < 1.29 is 22.4 Å². The Hall–Kier alpha value is -3.72. The van der Waals surface area contributed by atoms with Crippen molar-refractivity contribution >= 4 is 27.5 Å². The van der Waals surface area contributed by atoms with Crippen LogP contribution in [0.2, 0.25) is 0 Å². The Labute approximate surface area is 230 Å². The standard InChI is InChI=1S/C30H36FN3O4S/c1-5-23(4)32-30(36)28(6-2)33(20-24-12-10-11-22(3)19-24)29(35)21-34(26-13-8-7-9-14-26)39(37,38)27-17-15-25(31)16-18-27/h7-19,23,28H,5-6,20-21H2,1-4H3,(H,32,36)/t23-,28+/m1/s1. The Morgan fingerprint density at radius 2 is 1.59 bits per heavy atom. The molecule has 0 radical (unpaired) electrons. The molecule has 0 heterocycles. The van der Waals surface area contributed by atoms with E-state index in [-0.39, 0.29) is 29.1 Å². The topological polar surface area (TPSA) is 86.8 Å². The first-order chi connectivity index (χ1) is 18.6. The molecule has 0 saturated heterocycles. The number of benzene rings is 3. The number of rotatable bonds is 12. The molecule has 3 aromatic rings. The maximum atomic E-state index is 14.0. The smallest absolute Gasteiger partial charge is 0.264 e. The molecule has 39 heavy (non-hydrogen) atoms. The number of anilines is 1. The molecular weight excluding hydrogens is 517 g/mol. The summed E-state index contributed by atoms with van der Waals surface area (Å²) in [5.41, 5.74) is 2.11. The lowest BCUT2D eigenvalue weighted by Gasteiger charge is -2.33. The predicted molar refractivity (Wildman–Crippen MR) is 151 cm³/mol. The summed E-state index contributed by atoms with van der Waals surface area (Å²) in [4.78, 5) is 28.6. The number of hydrogen-bond donors (Lipinski definition) is 1. The van der Waals surface area contributed by atoms with Crippen LogP contribution in [0.3, 0.4) is 0 Å². The number of amides is 2. The molecule has 2 amide bonds. The normalized spacial score (nSPS) is 12.8. The highest BCUT2D eigenvalue weighted by atomic mass is 32.2. The summed E-state index contributed by atoms with van der Waals surface area (Å²) in [6.45, 7) is 7.20. The molecule has 0 aromatic heterocycles. The first-order valence-corrected chi connectivity index (χ1v) is 14.5. The number of nitrogens with one attached hydrogen (secondary N) is 1. The number of para-hydroxylation sites is 1. The minimum atomic E-state index is -4.24. The van der Waals surface area contributed by atoms with Gasteiger partial charge in [-0.1, -0.05) is 61.9 Å². The summed E-state index contributed by atoms with van der Waals surface area (Å²) in [5.74, 6) is -1.39. The van der Waals surface area contributed by atoms with Crippen LogP contribution in [0.1, 0.15) is 44.7 Å². The quantitative estimate of drug-likeness (QED) is 0.340. The lowest BCUT2D eigenvalue weighted by atomic mass is 10.1. The van der Waals surface area contributed by atoms with E-state index in [1.807, 2.05) is 52.0 Å². The van der Waals surface area contributed by atoms with Gasteiger partial charge in [-0.15, -0.1) is 0 Å². The van der Waals surface area contributed by atoms with Gasteiger partial charge in [0, 0.05) is 12.6 Å². The van der Waals surface area contributed by atoms with Gasteiger partial charge in [-0.25, -0.2) is 12.8 Å². The molecule has 0 bridgehead atoms. The highest BCUT2D eigenvalue weighted by Gasteiger charge is 2.34. The number of carbonyl (C=O) groups is 2. The molecule has 0 aliphatic heterocycles. The zero-order valence-electron chi connectivity index (χ0n) is 22.8. The van der Waals surface area contributed by atoms with E-state index in [1.54, 1.807) is 30.3 Å². The van der Waals surface area contributed by atoms with E-state index in [1.165, 1.54) is 17.0 Å². The molecule has 0 fully saturated rings. The fourth-order valence-corrected chi connectivity index (χ4v) is 5.64. The summed E-state index contributed by atoms with van der Waals surface area (Å²) in [6.07, 6.45) is 1.07. The first-order valence-electron chi connectivity index (χ1n) is 13.1. The van der Waals surface area contributed by atoms with Crippen molar-refractivity contribution in [1.29, 1.82) is 0 Å². The van der Waals surface area contributed by atoms with Crippen LogP contribution in [0.4, 0.5) is 10.1 Å². The third-order valence-corrected chi connectivity index (χ3v) is 8.34. The summed E-state index contributed by atoms with van der Waals surface area (Å²) < 4.78 is 42.0. The maximum Gasteiger partial charge on any atom is 0.264 e. The average molecular weight is 554 g/mol. The third-order valence-electron chi connectivity index (χ3n) is 6.55. The van der Waals surface area contributed by atoms with Crippen LogP contribution in [-0.2, 0) is 26.2 Å². The van der Waals surface area contributed by atoms with Gasteiger partial charge in [0.2, 0.25) is 11.8 Å². The van der Waals surface area contributed by atoms with Gasteiger partial charge in [-0.3, -0.25) is 13.9 Å². The van der Waals surface area contributed by atoms with E-state index in [0.717, 1.165) is 34.0 Å². The Kier molecular flexibility index (Phi) is 10.2. The van der Waals surface area contributed by atoms with Gasteiger partial charge in [-0.05, 0) is 68.7 Å². The van der Waals surface area contributed by atoms with E-state index in [0.29, 0.717) is 6.42 Å². The lowest BCUT2D eigenvalue weighted by molar-refractivity contribution is -0.140. The minimum absolute atomic E-state index is 0.0813. The monoisotopic (exact) mass is 553 g/mol. The number of carbonyl (C=O) groups excluding carboxylic acids is 2. The van der Waals surface area contributed by atoms with Crippen molar-refractivity contribution in [2.24, 2.45) is 0 Å². The Morgan fingerprint density at radius 1 is 0.923 bits per heavy atom. The zero-order valence-corrected chi connectivity index (χ0v) is 23.6. The van der Waals surface area contributed by atoms with Crippen LogP contribution in [0, 0.1) is 12.7 Å². The SMILES string of the molecule is CC[C@@H](C)NC(=O)[C@H](CC)N(Cc1cccc(C)c1)C(=O)CN(c1ccccc1)S(=O)(=O)c1ccc(F)cc1. The molecule has 0 spiro atoms. The number of hydrogen-bond acceptors (Lipinski definition) is 4. The second-order valence-corrected chi connectivity index (χ2v) is 11.4. The fraction of sp³-hybridized carbons (Fsp3) is 0.333.